The third-order valence-electron chi connectivity index (χ3n) is 3.76. The smallest absolute Gasteiger partial charge is 0.325 e. The molecule has 0 heterocycles. The summed E-state index contributed by atoms with van der Waals surface area (Å²) in [5.41, 5.74) is -0.944. The molecular weight excluding hydrogens is 264 g/mol. The van der Waals surface area contributed by atoms with E-state index < -0.39 is 29.4 Å². The number of ether oxygens (including phenoxy) is 1. The van der Waals surface area contributed by atoms with E-state index in [1.165, 1.54) is 11.9 Å². The predicted molar refractivity (Wildman–Crippen MR) is 71.2 cm³/mol. The molecule has 114 valence electrons. The molecule has 7 heteroatoms. The second-order valence-corrected chi connectivity index (χ2v) is 5.28. The van der Waals surface area contributed by atoms with Gasteiger partial charge < -0.3 is 20.1 Å². The largest absolute Gasteiger partial charge is 0.481 e. The minimum atomic E-state index is -0.944. The van der Waals surface area contributed by atoms with Crippen LogP contribution in [0.3, 0.4) is 0 Å². The number of esters is 1. The molecular formula is C13H22N2O5. The molecule has 0 aromatic rings. The first-order valence-corrected chi connectivity index (χ1v) is 6.72. The Kier molecular flexibility index (Phi) is 5.35. The van der Waals surface area contributed by atoms with E-state index in [1.54, 1.807) is 13.8 Å². The van der Waals surface area contributed by atoms with Crippen molar-refractivity contribution in [3.05, 3.63) is 0 Å². The first kappa shape index (κ1) is 16.3. The number of likely N-dealkylation sites (N-methyl/N-ethyl adjacent to an activating group) is 1. The summed E-state index contributed by atoms with van der Waals surface area (Å²) in [6.45, 7) is 3.43. The van der Waals surface area contributed by atoms with Crippen LogP contribution in [0.15, 0.2) is 0 Å². The maximum Gasteiger partial charge on any atom is 0.325 e. The van der Waals surface area contributed by atoms with Crippen LogP contribution in [-0.4, -0.2) is 54.2 Å². The number of hydrogen-bond donors (Lipinski definition) is 2. The minimum absolute atomic E-state index is 0.157. The molecule has 1 saturated carbocycles. The molecule has 1 aliphatic rings. The summed E-state index contributed by atoms with van der Waals surface area (Å²) in [6.07, 6.45) is 1.92. The van der Waals surface area contributed by atoms with Crippen LogP contribution in [0.1, 0.15) is 33.1 Å². The highest BCUT2D eigenvalue weighted by Crippen LogP contribution is 2.38. The van der Waals surface area contributed by atoms with E-state index >= 15 is 0 Å². The monoisotopic (exact) mass is 286 g/mol. The van der Waals surface area contributed by atoms with Crippen LogP contribution in [0.2, 0.25) is 0 Å². The maximum atomic E-state index is 12.0. The van der Waals surface area contributed by atoms with Crippen LogP contribution in [-0.2, 0) is 14.3 Å². The lowest BCUT2D eigenvalue weighted by Gasteiger charge is -2.29. The topological polar surface area (TPSA) is 95.9 Å². The van der Waals surface area contributed by atoms with E-state index in [4.69, 9.17) is 4.74 Å². The Morgan fingerprint density at radius 2 is 2.10 bits per heavy atom. The molecule has 1 rings (SSSR count). The average molecular weight is 286 g/mol. The van der Waals surface area contributed by atoms with Gasteiger partial charge in [-0.3, -0.25) is 9.59 Å². The number of amides is 2. The van der Waals surface area contributed by atoms with Gasteiger partial charge in [-0.15, -0.1) is 0 Å². The van der Waals surface area contributed by atoms with Crippen LogP contribution in [0.5, 0.6) is 0 Å². The minimum Gasteiger partial charge on any atom is -0.481 e. The van der Waals surface area contributed by atoms with Crippen molar-refractivity contribution < 1.29 is 24.2 Å². The van der Waals surface area contributed by atoms with Crippen LogP contribution < -0.4 is 5.32 Å². The van der Waals surface area contributed by atoms with Crippen molar-refractivity contribution >= 4 is 18.0 Å². The second kappa shape index (κ2) is 6.58. The summed E-state index contributed by atoms with van der Waals surface area (Å²) in [5.74, 6) is -1.40. The number of aliphatic carboxylic acids is 1. The summed E-state index contributed by atoms with van der Waals surface area (Å²) in [7, 11) is 1.47. The molecule has 1 aliphatic carbocycles. The Hall–Kier alpha value is -1.79. The van der Waals surface area contributed by atoms with E-state index in [-0.39, 0.29) is 13.2 Å². The number of carbonyl (C=O) groups is 3. The van der Waals surface area contributed by atoms with Crippen molar-refractivity contribution in [1.82, 2.24) is 10.2 Å². The van der Waals surface area contributed by atoms with Gasteiger partial charge in [0.05, 0.1) is 12.0 Å². The van der Waals surface area contributed by atoms with Crippen molar-refractivity contribution in [3.8, 4) is 0 Å². The fourth-order valence-corrected chi connectivity index (χ4v) is 2.38. The first-order valence-electron chi connectivity index (χ1n) is 6.72. The van der Waals surface area contributed by atoms with Gasteiger partial charge in [0, 0.05) is 13.1 Å². The summed E-state index contributed by atoms with van der Waals surface area (Å²) in [6, 6.07) is -0.880. The predicted octanol–water partition coefficient (Wildman–Crippen LogP) is 0.834. The standard InChI is InChI=1S/C13H22N2O5/c1-4-20-10(16)8-15(3)12(19)14-9-6-5-7-13(9,2)11(17)18/h9H,4-8H2,1-3H3,(H,14,19)(H,17,18). The molecule has 0 aromatic carbocycles. The zero-order chi connectivity index (χ0) is 15.3. The fraction of sp³-hybridized carbons (Fsp3) is 0.769. The molecule has 2 amide bonds. The Bertz CT molecular complexity index is 398. The zero-order valence-corrected chi connectivity index (χ0v) is 12.1. The molecule has 2 N–H and O–H groups in total. The maximum absolute atomic E-state index is 12.0. The number of carboxylic acid groups (broad SMARTS) is 1. The third-order valence-corrected chi connectivity index (χ3v) is 3.76. The second-order valence-electron chi connectivity index (χ2n) is 5.28. The van der Waals surface area contributed by atoms with Crippen molar-refractivity contribution in [2.75, 3.05) is 20.2 Å². The quantitative estimate of drug-likeness (QED) is 0.730. The molecule has 7 nitrogen and oxygen atoms in total. The average Bonchev–Trinajstić information content (AvgIpc) is 2.72. The Balaban J connectivity index is 2.57. The Labute approximate surface area is 118 Å². The van der Waals surface area contributed by atoms with Crippen LogP contribution in [0, 0.1) is 5.41 Å². The third kappa shape index (κ3) is 3.61. The van der Waals surface area contributed by atoms with Crippen LogP contribution in [0.25, 0.3) is 0 Å². The number of carboxylic acids is 1. The summed E-state index contributed by atoms with van der Waals surface area (Å²) >= 11 is 0. The Morgan fingerprint density at radius 3 is 2.65 bits per heavy atom. The van der Waals surface area contributed by atoms with E-state index in [0.717, 1.165) is 6.42 Å². The van der Waals surface area contributed by atoms with Gasteiger partial charge in [-0.2, -0.15) is 0 Å². The van der Waals surface area contributed by atoms with E-state index in [9.17, 15) is 19.5 Å². The van der Waals surface area contributed by atoms with Gasteiger partial charge in [0.2, 0.25) is 0 Å². The van der Waals surface area contributed by atoms with Crippen molar-refractivity contribution in [1.29, 1.82) is 0 Å². The van der Waals surface area contributed by atoms with Crippen molar-refractivity contribution in [2.45, 2.75) is 39.2 Å². The summed E-state index contributed by atoms with van der Waals surface area (Å²) < 4.78 is 4.76. The molecule has 0 spiro atoms. The number of carbonyl (C=O) groups excluding carboxylic acids is 2. The van der Waals surface area contributed by atoms with Crippen molar-refractivity contribution in [2.24, 2.45) is 5.41 Å². The highest BCUT2D eigenvalue weighted by atomic mass is 16.5. The van der Waals surface area contributed by atoms with Gasteiger partial charge in [0.25, 0.3) is 0 Å². The highest BCUT2D eigenvalue weighted by Gasteiger charge is 2.46. The van der Waals surface area contributed by atoms with Crippen LogP contribution >= 0.6 is 0 Å². The number of rotatable bonds is 5. The molecule has 0 bridgehead atoms. The molecule has 0 radical (unpaired) electrons. The lowest BCUT2D eigenvalue weighted by atomic mass is 9.85. The summed E-state index contributed by atoms with van der Waals surface area (Å²) in [4.78, 5) is 35.8. The first-order chi connectivity index (χ1) is 9.31. The molecule has 1 fully saturated rings. The van der Waals surface area contributed by atoms with Gasteiger partial charge >= 0.3 is 18.0 Å². The lowest BCUT2D eigenvalue weighted by Crippen LogP contribution is -2.51. The van der Waals surface area contributed by atoms with Gasteiger partial charge in [-0.25, -0.2) is 4.79 Å². The van der Waals surface area contributed by atoms with Gasteiger partial charge in [-0.05, 0) is 26.7 Å². The molecule has 0 saturated heterocycles. The Morgan fingerprint density at radius 1 is 1.45 bits per heavy atom. The molecule has 2 atom stereocenters. The van der Waals surface area contributed by atoms with E-state index in [2.05, 4.69) is 5.32 Å². The van der Waals surface area contributed by atoms with Gasteiger partial charge in [0.15, 0.2) is 0 Å². The number of urea groups is 1. The zero-order valence-electron chi connectivity index (χ0n) is 12.1. The lowest BCUT2D eigenvalue weighted by molar-refractivity contribution is -0.148. The summed E-state index contributed by atoms with van der Waals surface area (Å²) in [5, 5.41) is 12.0. The molecule has 2 unspecified atom stereocenters. The number of nitrogens with zero attached hydrogens (tertiary/aromatic N) is 1. The highest BCUT2D eigenvalue weighted by molar-refractivity contribution is 5.82. The van der Waals surface area contributed by atoms with Crippen LogP contribution in [0.4, 0.5) is 4.79 Å². The molecule has 0 aliphatic heterocycles. The molecule has 0 aromatic heterocycles. The van der Waals surface area contributed by atoms with E-state index in [0.29, 0.717) is 12.8 Å². The fourth-order valence-electron chi connectivity index (χ4n) is 2.38. The van der Waals surface area contributed by atoms with Gasteiger partial charge in [0.1, 0.15) is 6.54 Å². The number of nitrogens with one attached hydrogen (secondary N) is 1. The van der Waals surface area contributed by atoms with Gasteiger partial charge in [-0.1, -0.05) is 6.42 Å². The molecule has 20 heavy (non-hydrogen) atoms. The SMILES string of the molecule is CCOC(=O)CN(C)C(=O)NC1CCCC1(C)C(=O)O. The normalized spacial score (nSPS) is 25.1. The number of hydrogen-bond acceptors (Lipinski definition) is 4. The van der Waals surface area contributed by atoms with E-state index in [1.807, 2.05) is 0 Å². The van der Waals surface area contributed by atoms with Crippen molar-refractivity contribution in [3.63, 3.8) is 0 Å².